The summed E-state index contributed by atoms with van der Waals surface area (Å²) in [4.78, 5) is 15.5. The predicted octanol–water partition coefficient (Wildman–Crippen LogP) is 3.65. The summed E-state index contributed by atoms with van der Waals surface area (Å²) in [7, 11) is 1.85. The van der Waals surface area contributed by atoms with Gasteiger partial charge in [0, 0.05) is 37.6 Å². The highest BCUT2D eigenvalue weighted by Crippen LogP contribution is 2.36. The number of nitrogens with one attached hydrogen (secondary N) is 1. The summed E-state index contributed by atoms with van der Waals surface area (Å²) in [6, 6.07) is 7.73. The molecule has 5 heterocycles. The van der Waals surface area contributed by atoms with Gasteiger partial charge in [-0.3, -0.25) is 4.68 Å². The molecule has 0 spiro atoms. The Hall–Kier alpha value is -4.29. The number of morpholine rings is 1. The molecule has 12 nitrogen and oxygen atoms in total. The average Bonchev–Trinajstić information content (AvgIpc) is 3.66. The number of nitrogens with zero attached hydrogens (tertiary/aromatic N) is 9. The monoisotopic (exact) mass is 518 g/mol. The lowest BCUT2D eigenvalue weighted by Gasteiger charge is -2.25. The number of rotatable bonds is 6. The molecular formula is C24H23ClN10O2. The van der Waals surface area contributed by atoms with Gasteiger partial charge in [-0.1, -0.05) is 16.8 Å². The van der Waals surface area contributed by atoms with E-state index in [-0.39, 0.29) is 0 Å². The van der Waals surface area contributed by atoms with E-state index in [9.17, 15) is 0 Å². The molecule has 1 aliphatic heterocycles. The first-order chi connectivity index (χ1) is 18.0. The quantitative estimate of drug-likeness (QED) is 0.356. The molecule has 0 atom stereocenters. The molecule has 0 amide bonds. The highest BCUT2D eigenvalue weighted by atomic mass is 35.5. The van der Waals surface area contributed by atoms with Crippen LogP contribution in [0, 0.1) is 6.92 Å². The Morgan fingerprint density at radius 3 is 2.59 bits per heavy atom. The number of ether oxygens (including phenoxy) is 1. The molecule has 0 aliphatic carbocycles. The van der Waals surface area contributed by atoms with Gasteiger partial charge in [0.1, 0.15) is 23.5 Å². The van der Waals surface area contributed by atoms with Gasteiger partial charge in [-0.15, -0.1) is 5.10 Å². The molecule has 188 valence electrons. The molecule has 6 rings (SSSR count). The minimum Gasteiger partial charge on any atom is -0.378 e. The molecule has 0 bridgehead atoms. The zero-order valence-electron chi connectivity index (χ0n) is 20.2. The number of halogens is 1. The summed E-state index contributed by atoms with van der Waals surface area (Å²) in [6.45, 7) is 4.78. The lowest BCUT2D eigenvalue weighted by atomic mass is 10.1. The maximum atomic E-state index is 6.47. The zero-order chi connectivity index (χ0) is 25.4. The summed E-state index contributed by atoms with van der Waals surface area (Å²) in [5.74, 6) is 1.72. The zero-order valence-corrected chi connectivity index (χ0v) is 20.9. The molecule has 5 aromatic rings. The topological polar surface area (TPSA) is 125 Å². The van der Waals surface area contributed by atoms with Gasteiger partial charge >= 0.3 is 0 Å². The number of benzene rings is 1. The number of aryl methyl sites for hydroxylation is 2. The standard InChI is InChI=1S/C24H23ClN10O2/c1-15-20(16-11-28-33(2)13-16)22(32-37-15)21-19(25)12-26-23(30-21)29-17-3-5-18(6-4-17)35-14-27-24(31-35)34-7-9-36-10-8-34/h3-6,11-14H,7-10H2,1-2H3,(H,26,29,30). The lowest BCUT2D eigenvalue weighted by Crippen LogP contribution is -2.37. The largest absolute Gasteiger partial charge is 0.378 e. The maximum Gasteiger partial charge on any atom is 0.245 e. The van der Waals surface area contributed by atoms with Crippen LogP contribution in [0.4, 0.5) is 17.6 Å². The second kappa shape index (κ2) is 9.64. The van der Waals surface area contributed by atoms with Crippen molar-refractivity contribution >= 4 is 29.2 Å². The molecule has 1 saturated heterocycles. The Labute approximate surface area is 216 Å². The predicted molar refractivity (Wildman–Crippen MR) is 137 cm³/mol. The minimum absolute atomic E-state index is 0.363. The number of hydrogen-bond acceptors (Lipinski definition) is 10. The highest BCUT2D eigenvalue weighted by molar-refractivity contribution is 6.33. The molecule has 4 aromatic heterocycles. The van der Waals surface area contributed by atoms with E-state index in [0.717, 1.165) is 35.6 Å². The molecule has 1 N–H and O–H groups in total. The fourth-order valence-electron chi connectivity index (χ4n) is 4.13. The van der Waals surface area contributed by atoms with Gasteiger partial charge < -0.3 is 19.5 Å². The summed E-state index contributed by atoms with van der Waals surface area (Å²) in [5.41, 5.74) is 4.32. The summed E-state index contributed by atoms with van der Waals surface area (Å²) < 4.78 is 14.3. The van der Waals surface area contributed by atoms with Crippen molar-refractivity contribution in [3.8, 4) is 28.2 Å². The first-order valence-corrected chi connectivity index (χ1v) is 12.0. The van der Waals surface area contributed by atoms with Gasteiger partial charge in [-0.05, 0) is 31.2 Å². The SMILES string of the molecule is Cc1onc(-c2nc(Nc3ccc(-n4cnc(N5CCOCC5)n4)cc3)ncc2Cl)c1-c1cnn(C)c1. The van der Waals surface area contributed by atoms with Crippen LogP contribution < -0.4 is 10.2 Å². The van der Waals surface area contributed by atoms with Crippen LogP contribution in [0.5, 0.6) is 0 Å². The van der Waals surface area contributed by atoms with Crippen molar-refractivity contribution in [1.82, 2.24) is 39.7 Å². The number of hydrogen-bond donors (Lipinski definition) is 1. The first kappa shape index (κ1) is 23.1. The van der Waals surface area contributed by atoms with Crippen molar-refractivity contribution < 1.29 is 9.26 Å². The molecular weight excluding hydrogens is 496 g/mol. The average molecular weight is 519 g/mol. The fraction of sp³-hybridized carbons (Fsp3) is 0.250. The van der Waals surface area contributed by atoms with E-state index in [1.54, 1.807) is 28.1 Å². The number of aromatic nitrogens is 8. The summed E-state index contributed by atoms with van der Waals surface area (Å²) >= 11 is 6.47. The van der Waals surface area contributed by atoms with E-state index in [1.807, 2.05) is 44.4 Å². The van der Waals surface area contributed by atoms with E-state index in [2.05, 4.69) is 40.5 Å². The Morgan fingerprint density at radius 2 is 1.84 bits per heavy atom. The van der Waals surface area contributed by atoms with Crippen molar-refractivity contribution in [3.05, 3.63) is 60.0 Å². The third-order valence-corrected chi connectivity index (χ3v) is 6.26. The molecule has 0 unspecified atom stereocenters. The lowest BCUT2D eigenvalue weighted by molar-refractivity contribution is 0.122. The van der Waals surface area contributed by atoms with Gasteiger partial charge in [-0.25, -0.2) is 14.6 Å². The van der Waals surface area contributed by atoms with Gasteiger partial charge in [0.15, 0.2) is 0 Å². The molecule has 13 heteroatoms. The van der Waals surface area contributed by atoms with Gasteiger partial charge in [0.05, 0.1) is 41.9 Å². The Kier molecular flexibility index (Phi) is 6.02. The molecule has 0 saturated carbocycles. The molecule has 1 fully saturated rings. The molecule has 1 aromatic carbocycles. The van der Waals surface area contributed by atoms with Crippen molar-refractivity contribution in [3.63, 3.8) is 0 Å². The molecule has 37 heavy (non-hydrogen) atoms. The minimum atomic E-state index is 0.363. The van der Waals surface area contributed by atoms with Crippen LogP contribution in [0.2, 0.25) is 5.02 Å². The van der Waals surface area contributed by atoms with E-state index in [1.165, 1.54) is 0 Å². The van der Waals surface area contributed by atoms with E-state index in [4.69, 9.17) is 20.9 Å². The number of anilines is 3. The molecule has 1 aliphatic rings. The van der Waals surface area contributed by atoms with Crippen molar-refractivity contribution in [2.75, 3.05) is 36.5 Å². The Balaban J connectivity index is 1.22. The van der Waals surface area contributed by atoms with Gasteiger partial charge in [0.2, 0.25) is 11.9 Å². The Morgan fingerprint density at radius 1 is 1.03 bits per heavy atom. The van der Waals surface area contributed by atoms with Gasteiger partial charge in [-0.2, -0.15) is 10.1 Å². The smallest absolute Gasteiger partial charge is 0.245 e. The van der Waals surface area contributed by atoms with Gasteiger partial charge in [0.25, 0.3) is 0 Å². The van der Waals surface area contributed by atoms with Crippen LogP contribution in [0.25, 0.3) is 28.2 Å². The second-order valence-electron chi connectivity index (χ2n) is 8.52. The highest BCUT2D eigenvalue weighted by Gasteiger charge is 2.22. The second-order valence-corrected chi connectivity index (χ2v) is 8.92. The van der Waals surface area contributed by atoms with E-state index < -0.39 is 0 Å². The van der Waals surface area contributed by atoms with E-state index >= 15 is 0 Å². The first-order valence-electron chi connectivity index (χ1n) is 11.6. The van der Waals surface area contributed by atoms with Crippen LogP contribution in [-0.2, 0) is 11.8 Å². The van der Waals surface area contributed by atoms with Crippen LogP contribution in [0.15, 0.2) is 53.7 Å². The van der Waals surface area contributed by atoms with Crippen LogP contribution in [0.3, 0.4) is 0 Å². The fourth-order valence-corrected chi connectivity index (χ4v) is 4.31. The maximum absolute atomic E-state index is 6.47. The normalized spacial score (nSPS) is 13.8. The van der Waals surface area contributed by atoms with Crippen molar-refractivity contribution in [2.24, 2.45) is 7.05 Å². The van der Waals surface area contributed by atoms with Crippen molar-refractivity contribution in [1.29, 1.82) is 0 Å². The third kappa shape index (κ3) is 4.63. The summed E-state index contributed by atoms with van der Waals surface area (Å²) in [6.07, 6.45) is 6.89. The summed E-state index contributed by atoms with van der Waals surface area (Å²) in [5, 5.41) is 16.7. The van der Waals surface area contributed by atoms with Crippen molar-refractivity contribution in [2.45, 2.75) is 6.92 Å². The third-order valence-electron chi connectivity index (χ3n) is 5.99. The molecule has 0 radical (unpaired) electrons. The Bertz CT molecular complexity index is 1540. The van der Waals surface area contributed by atoms with Crippen LogP contribution in [-0.4, -0.2) is 66.0 Å². The van der Waals surface area contributed by atoms with E-state index in [0.29, 0.717) is 47.3 Å². The van der Waals surface area contributed by atoms with Crippen LogP contribution >= 0.6 is 11.6 Å². The van der Waals surface area contributed by atoms with Crippen LogP contribution in [0.1, 0.15) is 5.76 Å².